The van der Waals surface area contributed by atoms with E-state index in [1.54, 1.807) is 18.0 Å². The predicted octanol–water partition coefficient (Wildman–Crippen LogP) is 1.57. The lowest BCUT2D eigenvalue weighted by Crippen LogP contribution is -2.44. The summed E-state index contributed by atoms with van der Waals surface area (Å²) in [5.74, 6) is -0.684. The number of benzene rings is 1. The van der Waals surface area contributed by atoms with E-state index in [0.29, 0.717) is 5.56 Å². The molecule has 1 aliphatic heterocycles. The molecule has 0 atom stereocenters. The average molecular weight is 265 g/mol. The minimum Gasteiger partial charge on any atom is -0.396 e. The zero-order valence-corrected chi connectivity index (χ0v) is 11.4. The van der Waals surface area contributed by atoms with Gasteiger partial charge in [-0.15, -0.1) is 0 Å². The van der Waals surface area contributed by atoms with Crippen molar-refractivity contribution >= 4 is 11.6 Å². The summed E-state index contributed by atoms with van der Waals surface area (Å²) in [6, 6.07) is 4.45. The van der Waals surface area contributed by atoms with Crippen LogP contribution in [-0.2, 0) is 0 Å². The molecule has 1 amide bonds. The second kappa shape index (κ2) is 5.57. The van der Waals surface area contributed by atoms with Gasteiger partial charge in [-0.1, -0.05) is 0 Å². The second-order valence-electron chi connectivity index (χ2n) is 5.19. The Balaban J connectivity index is 2.08. The third-order valence-corrected chi connectivity index (χ3v) is 3.80. The molecule has 4 nitrogen and oxygen atoms in total. The fourth-order valence-electron chi connectivity index (χ4n) is 2.41. The molecular formula is C14H20FN3O. The fourth-order valence-corrected chi connectivity index (χ4v) is 2.41. The van der Waals surface area contributed by atoms with Gasteiger partial charge in [0.15, 0.2) is 0 Å². The third kappa shape index (κ3) is 3.04. The molecule has 1 aromatic rings. The van der Waals surface area contributed by atoms with Crippen molar-refractivity contribution in [3.63, 3.8) is 0 Å². The Bertz CT molecular complexity index is 470. The minimum atomic E-state index is -0.539. The number of hydrogen-bond acceptors (Lipinski definition) is 3. The molecular weight excluding hydrogens is 245 g/mol. The Morgan fingerprint density at radius 3 is 2.63 bits per heavy atom. The van der Waals surface area contributed by atoms with E-state index in [9.17, 15) is 9.18 Å². The normalized spacial score (nSPS) is 17.4. The Morgan fingerprint density at radius 2 is 2.05 bits per heavy atom. The summed E-state index contributed by atoms with van der Waals surface area (Å²) in [5.41, 5.74) is 5.84. The summed E-state index contributed by atoms with van der Waals surface area (Å²) in [5, 5.41) is 0. The van der Waals surface area contributed by atoms with Crippen molar-refractivity contribution in [2.45, 2.75) is 18.9 Å². The van der Waals surface area contributed by atoms with Crippen molar-refractivity contribution < 1.29 is 9.18 Å². The van der Waals surface area contributed by atoms with Gasteiger partial charge in [-0.05, 0) is 51.2 Å². The van der Waals surface area contributed by atoms with E-state index in [-0.39, 0.29) is 17.6 Å². The van der Waals surface area contributed by atoms with Gasteiger partial charge in [0.2, 0.25) is 0 Å². The van der Waals surface area contributed by atoms with E-state index in [1.807, 2.05) is 0 Å². The van der Waals surface area contributed by atoms with E-state index in [0.717, 1.165) is 25.9 Å². The Kier molecular flexibility index (Phi) is 4.04. The zero-order chi connectivity index (χ0) is 14.0. The SMILES string of the molecule is CN1CCC(N(C)C(=O)c2ccc(N)c(F)c2)CC1. The molecule has 0 radical (unpaired) electrons. The van der Waals surface area contributed by atoms with Gasteiger partial charge in [0.1, 0.15) is 5.82 Å². The van der Waals surface area contributed by atoms with E-state index >= 15 is 0 Å². The van der Waals surface area contributed by atoms with Crippen LogP contribution in [0.4, 0.5) is 10.1 Å². The number of halogens is 1. The number of carbonyl (C=O) groups excluding carboxylic acids is 1. The Hall–Kier alpha value is -1.62. The van der Waals surface area contributed by atoms with Crippen molar-refractivity contribution in [1.29, 1.82) is 0 Å². The summed E-state index contributed by atoms with van der Waals surface area (Å²) in [6.45, 7) is 1.97. The number of nitrogens with two attached hydrogens (primary N) is 1. The number of likely N-dealkylation sites (tertiary alicyclic amines) is 1. The molecule has 19 heavy (non-hydrogen) atoms. The third-order valence-electron chi connectivity index (χ3n) is 3.80. The number of anilines is 1. The molecule has 0 spiro atoms. The summed E-state index contributed by atoms with van der Waals surface area (Å²) < 4.78 is 13.4. The molecule has 1 heterocycles. The van der Waals surface area contributed by atoms with Crippen molar-refractivity contribution in [2.75, 3.05) is 32.9 Å². The molecule has 2 N–H and O–H groups in total. The molecule has 0 aromatic heterocycles. The quantitative estimate of drug-likeness (QED) is 0.826. The molecule has 1 aliphatic rings. The summed E-state index contributed by atoms with van der Waals surface area (Å²) in [6.07, 6.45) is 1.91. The first-order chi connectivity index (χ1) is 8.99. The zero-order valence-electron chi connectivity index (χ0n) is 11.4. The Morgan fingerprint density at radius 1 is 1.42 bits per heavy atom. The molecule has 1 fully saturated rings. The van der Waals surface area contributed by atoms with Crippen molar-refractivity contribution in [3.05, 3.63) is 29.6 Å². The van der Waals surface area contributed by atoms with Crippen LogP contribution in [-0.4, -0.2) is 48.9 Å². The highest BCUT2D eigenvalue weighted by Gasteiger charge is 2.24. The number of hydrogen-bond donors (Lipinski definition) is 1. The molecule has 0 bridgehead atoms. The molecule has 0 saturated carbocycles. The van der Waals surface area contributed by atoms with Crippen LogP contribution in [0.1, 0.15) is 23.2 Å². The van der Waals surface area contributed by atoms with Gasteiger partial charge >= 0.3 is 0 Å². The van der Waals surface area contributed by atoms with E-state index in [1.165, 1.54) is 12.1 Å². The lowest BCUT2D eigenvalue weighted by molar-refractivity contribution is 0.0659. The highest BCUT2D eigenvalue weighted by molar-refractivity contribution is 5.94. The van der Waals surface area contributed by atoms with Crippen molar-refractivity contribution in [2.24, 2.45) is 0 Å². The standard InChI is InChI=1S/C14H20FN3O/c1-17-7-5-11(6-8-17)18(2)14(19)10-3-4-13(16)12(15)9-10/h3-4,9,11H,5-8,16H2,1-2H3. The van der Waals surface area contributed by atoms with Gasteiger partial charge in [-0.2, -0.15) is 0 Å². The van der Waals surface area contributed by atoms with Gasteiger partial charge in [0.05, 0.1) is 5.69 Å². The van der Waals surface area contributed by atoms with Crippen LogP contribution >= 0.6 is 0 Å². The number of amides is 1. The molecule has 1 saturated heterocycles. The van der Waals surface area contributed by atoms with Gasteiger partial charge in [-0.3, -0.25) is 4.79 Å². The maximum atomic E-state index is 13.4. The Labute approximate surface area is 113 Å². The van der Waals surface area contributed by atoms with Crippen LogP contribution in [0.15, 0.2) is 18.2 Å². The number of piperidine rings is 1. The monoisotopic (exact) mass is 265 g/mol. The number of carbonyl (C=O) groups is 1. The first-order valence-electron chi connectivity index (χ1n) is 6.50. The maximum Gasteiger partial charge on any atom is 0.253 e. The molecule has 1 aromatic carbocycles. The molecule has 5 heteroatoms. The largest absolute Gasteiger partial charge is 0.396 e. The first-order valence-corrected chi connectivity index (χ1v) is 6.50. The summed E-state index contributed by atoms with van der Waals surface area (Å²) >= 11 is 0. The van der Waals surface area contributed by atoms with E-state index in [4.69, 9.17) is 5.73 Å². The predicted molar refractivity (Wildman–Crippen MR) is 73.4 cm³/mol. The van der Waals surface area contributed by atoms with E-state index in [2.05, 4.69) is 11.9 Å². The van der Waals surface area contributed by atoms with Gasteiger partial charge < -0.3 is 15.5 Å². The van der Waals surface area contributed by atoms with Crippen molar-refractivity contribution in [3.8, 4) is 0 Å². The van der Waals surface area contributed by atoms with Gasteiger partial charge in [-0.25, -0.2) is 4.39 Å². The lowest BCUT2D eigenvalue weighted by atomic mass is 10.0. The average Bonchev–Trinajstić information content (AvgIpc) is 2.41. The number of nitrogens with zero attached hydrogens (tertiary/aromatic N) is 2. The van der Waals surface area contributed by atoms with Crippen LogP contribution in [0.5, 0.6) is 0 Å². The highest BCUT2D eigenvalue weighted by Crippen LogP contribution is 2.18. The molecule has 0 unspecified atom stereocenters. The van der Waals surface area contributed by atoms with Crippen LogP contribution in [0.25, 0.3) is 0 Å². The lowest BCUT2D eigenvalue weighted by Gasteiger charge is -2.35. The van der Waals surface area contributed by atoms with Gasteiger partial charge in [0, 0.05) is 18.7 Å². The summed E-state index contributed by atoms with van der Waals surface area (Å²) in [7, 11) is 3.86. The number of rotatable bonds is 2. The second-order valence-corrected chi connectivity index (χ2v) is 5.19. The maximum absolute atomic E-state index is 13.4. The molecule has 104 valence electrons. The fraction of sp³-hybridized carbons (Fsp3) is 0.500. The topological polar surface area (TPSA) is 49.6 Å². The van der Waals surface area contributed by atoms with Crippen LogP contribution in [0.3, 0.4) is 0 Å². The highest BCUT2D eigenvalue weighted by atomic mass is 19.1. The van der Waals surface area contributed by atoms with Crippen LogP contribution in [0, 0.1) is 5.82 Å². The summed E-state index contributed by atoms with van der Waals surface area (Å²) in [4.78, 5) is 16.3. The number of nitrogen functional groups attached to an aromatic ring is 1. The van der Waals surface area contributed by atoms with Gasteiger partial charge in [0.25, 0.3) is 5.91 Å². The minimum absolute atomic E-state index is 0.0681. The molecule has 0 aliphatic carbocycles. The molecule has 2 rings (SSSR count). The van der Waals surface area contributed by atoms with Crippen LogP contribution < -0.4 is 5.73 Å². The van der Waals surface area contributed by atoms with Crippen molar-refractivity contribution in [1.82, 2.24) is 9.80 Å². The smallest absolute Gasteiger partial charge is 0.253 e. The van der Waals surface area contributed by atoms with Crippen LogP contribution in [0.2, 0.25) is 0 Å². The first kappa shape index (κ1) is 13.8. The van der Waals surface area contributed by atoms with E-state index < -0.39 is 5.82 Å².